The number of rotatable bonds is 4. The lowest BCUT2D eigenvalue weighted by Crippen LogP contribution is -2.40. The first-order chi connectivity index (χ1) is 13.5. The van der Waals surface area contributed by atoms with Gasteiger partial charge in [-0.3, -0.25) is 29.4 Å². The molecule has 2 aromatic carbocycles. The molecule has 2 aliphatic rings. The van der Waals surface area contributed by atoms with Gasteiger partial charge in [-0.05, 0) is 25.0 Å². The molecular formula is C21H18N2O5. The number of non-ortho nitro benzene ring substituents is 1. The number of nitro groups is 1. The summed E-state index contributed by atoms with van der Waals surface area (Å²) in [5, 5.41) is 10.9. The molecule has 28 heavy (non-hydrogen) atoms. The number of fused-ring (bicyclic) bond motifs is 1. The molecule has 0 radical (unpaired) electrons. The van der Waals surface area contributed by atoms with Gasteiger partial charge in [0.05, 0.1) is 16.1 Å². The minimum Gasteiger partial charge on any atom is -0.289 e. The third kappa shape index (κ3) is 2.98. The summed E-state index contributed by atoms with van der Waals surface area (Å²) in [6, 6.07) is 9.79. The van der Waals surface area contributed by atoms with E-state index >= 15 is 0 Å². The van der Waals surface area contributed by atoms with Crippen LogP contribution in [0.15, 0.2) is 42.5 Å². The third-order valence-corrected chi connectivity index (χ3v) is 5.44. The fourth-order valence-electron chi connectivity index (χ4n) is 4.00. The molecular weight excluding hydrogens is 360 g/mol. The average Bonchev–Trinajstić information content (AvgIpc) is 2.98. The molecule has 0 atom stereocenters. The van der Waals surface area contributed by atoms with Gasteiger partial charge in [-0.25, -0.2) is 0 Å². The molecule has 1 saturated carbocycles. The van der Waals surface area contributed by atoms with Gasteiger partial charge in [0.15, 0.2) is 5.78 Å². The smallest absolute Gasteiger partial charge is 0.270 e. The number of amides is 2. The Morgan fingerprint density at radius 2 is 1.61 bits per heavy atom. The number of nitro benzene ring substituents is 1. The van der Waals surface area contributed by atoms with Gasteiger partial charge in [0, 0.05) is 29.3 Å². The molecule has 0 unspecified atom stereocenters. The normalized spacial score (nSPS) is 16.9. The van der Waals surface area contributed by atoms with Crippen molar-refractivity contribution in [3.63, 3.8) is 0 Å². The minimum atomic E-state index is -0.566. The van der Waals surface area contributed by atoms with Gasteiger partial charge in [0.25, 0.3) is 17.5 Å². The zero-order valence-corrected chi connectivity index (χ0v) is 15.1. The van der Waals surface area contributed by atoms with Gasteiger partial charge in [0.1, 0.15) is 0 Å². The second kappa shape index (κ2) is 6.99. The number of carbonyl (C=O) groups is 3. The van der Waals surface area contributed by atoms with Crippen molar-refractivity contribution >= 4 is 23.3 Å². The van der Waals surface area contributed by atoms with E-state index in [4.69, 9.17) is 0 Å². The van der Waals surface area contributed by atoms with E-state index in [2.05, 4.69) is 0 Å². The number of nitrogens with zero attached hydrogens (tertiary/aromatic N) is 2. The number of hydrogen-bond acceptors (Lipinski definition) is 5. The molecule has 1 heterocycles. The lowest BCUT2D eigenvalue weighted by Gasteiger charge is -2.29. The van der Waals surface area contributed by atoms with E-state index in [1.54, 1.807) is 0 Å². The van der Waals surface area contributed by atoms with Gasteiger partial charge in [-0.2, -0.15) is 0 Å². The summed E-state index contributed by atoms with van der Waals surface area (Å²) in [5.41, 5.74) is 0.751. The first-order valence-corrected chi connectivity index (χ1v) is 9.28. The number of carbonyl (C=O) groups excluding carboxylic acids is 3. The molecule has 0 saturated heterocycles. The maximum Gasteiger partial charge on any atom is 0.270 e. The van der Waals surface area contributed by atoms with Crippen LogP contribution in [0.3, 0.4) is 0 Å². The molecule has 0 spiro atoms. The van der Waals surface area contributed by atoms with Crippen LogP contribution in [0, 0.1) is 10.1 Å². The summed E-state index contributed by atoms with van der Waals surface area (Å²) in [7, 11) is 0. The SMILES string of the molecule is O=C(c1cccc([N+](=O)[O-])c1)c1ccc2c(c1)C(=O)N(C1CCCCC1)C2=O. The number of hydrogen-bond donors (Lipinski definition) is 0. The van der Waals surface area contributed by atoms with E-state index in [1.165, 1.54) is 47.4 Å². The summed E-state index contributed by atoms with van der Waals surface area (Å²) < 4.78 is 0. The summed E-state index contributed by atoms with van der Waals surface area (Å²) in [5.74, 6) is -1.09. The van der Waals surface area contributed by atoms with Crippen molar-refractivity contribution < 1.29 is 19.3 Å². The van der Waals surface area contributed by atoms with Gasteiger partial charge in [-0.15, -0.1) is 0 Å². The molecule has 7 nitrogen and oxygen atoms in total. The Morgan fingerprint density at radius 3 is 2.32 bits per heavy atom. The fourth-order valence-corrected chi connectivity index (χ4v) is 4.00. The summed E-state index contributed by atoms with van der Waals surface area (Å²) in [4.78, 5) is 50.1. The second-order valence-electron chi connectivity index (χ2n) is 7.17. The lowest BCUT2D eigenvalue weighted by molar-refractivity contribution is -0.384. The van der Waals surface area contributed by atoms with Crippen molar-refractivity contribution in [2.75, 3.05) is 0 Å². The highest BCUT2D eigenvalue weighted by molar-refractivity contribution is 6.22. The Bertz CT molecular complexity index is 1010. The molecule has 1 aliphatic carbocycles. The molecule has 2 amide bonds. The van der Waals surface area contributed by atoms with Crippen LogP contribution in [0.25, 0.3) is 0 Å². The lowest BCUT2D eigenvalue weighted by atomic mass is 9.94. The Morgan fingerprint density at radius 1 is 0.929 bits per heavy atom. The summed E-state index contributed by atoms with van der Waals surface area (Å²) in [6.07, 6.45) is 4.72. The Labute approximate surface area is 161 Å². The van der Waals surface area contributed by atoms with Crippen LogP contribution in [-0.2, 0) is 0 Å². The van der Waals surface area contributed by atoms with Crippen molar-refractivity contribution in [1.29, 1.82) is 0 Å². The van der Waals surface area contributed by atoms with E-state index in [0.29, 0.717) is 5.56 Å². The summed E-state index contributed by atoms with van der Waals surface area (Å²) in [6.45, 7) is 0. The van der Waals surface area contributed by atoms with Crippen molar-refractivity contribution in [2.45, 2.75) is 38.1 Å². The third-order valence-electron chi connectivity index (χ3n) is 5.44. The molecule has 4 rings (SSSR count). The fraction of sp³-hybridized carbons (Fsp3) is 0.286. The van der Waals surface area contributed by atoms with Crippen molar-refractivity contribution in [1.82, 2.24) is 4.90 Å². The maximum absolute atomic E-state index is 12.9. The zero-order valence-electron chi connectivity index (χ0n) is 15.1. The molecule has 142 valence electrons. The molecule has 0 aromatic heterocycles. The highest BCUT2D eigenvalue weighted by atomic mass is 16.6. The number of imide groups is 1. The first kappa shape index (κ1) is 18.0. The molecule has 7 heteroatoms. The average molecular weight is 378 g/mol. The van der Waals surface area contributed by atoms with Crippen molar-refractivity contribution in [3.8, 4) is 0 Å². The van der Waals surface area contributed by atoms with Crippen molar-refractivity contribution in [2.24, 2.45) is 0 Å². The van der Waals surface area contributed by atoms with Crippen LogP contribution in [0.1, 0.15) is 68.7 Å². The standard InChI is InChI=1S/C21H18N2O5/c24-19(13-5-4-8-16(11-13)23(27)28)14-9-10-17-18(12-14)21(26)22(20(17)25)15-6-2-1-3-7-15/h4-5,8-12,15H,1-3,6-7H2. The van der Waals surface area contributed by atoms with Crippen LogP contribution in [0.4, 0.5) is 5.69 Å². The van der Waals surface area contributed by atoms with Gasteiger partial charge < -0.3 is 0 Å². The number of benzene rings is 2. The molecule has 1 fully saturated rings. The largest absolute Gasteiger partial charge is 0.289 e. The molecule has 0 N–H and O–H groups in total. The predicted molar refractivity (Wildman–Crippen MR) is 100 cm³/mol. The van der Waals surface area contributed by atoms with Crippen LogP contribution < -0.4 is 0 Å². The minimum absolute atomic E-state index is 0.0860. The second-order valence-corrected chi connectivity index (χ2v) is 7.17. The van der Waals surface area contributed by atoms with E-state index in [0.717, 1.165) is 32.1 Å². The van der Waals surface area contributed by atoms with Gasteiger partial charge >= 0.3 is 0 Å². The monoisotopic (exact) mass is 378 g/mol. The van der Waals surface area contributed by atoms with Gasteiger partial charge in [-0.1, -0.05) is 37.5 Å². The molecule has 1 aliphatic heterocycles. The van der Waals surface area contributed by atoms with Crippen molar-refractivity contribution in [3.05, 3.63) is 74.8 Å². The zero-order chi connectivity index (χ0) is 19.8. The Hall–Kier alpha value is -3.35. The quantitative estimate of drug-likeness (QED) is 0.349. The predicted octanol–water partition coefficient (Wildman–Crippen LogP) is 3.75. The highest BCUT2D eigenvalue weighted by Crippen LogP contribution is 2.32. The van der Waals surface area contributed by atoms with E-state index in [-0.39, 0.29) is 40.2 Å². The molecule has 2 aromatic rings. The topological polar surface area (TPSA) is 97.6 Å². The highest BCUT2D eigenvalue weighted by Gasteiger charge is 2.40. The Balaban J connectivity index is 1.65. The van der Waals surface area contributed by atoms with Crippen LogP contribution in [-0.4, -0.2) is 33.5 Å². The Kier molecular flexibility index (Phi) is 4.50. The first-order valence-electron chi connectivity index (χ1n) is 9.28. The maximum atomic E-state index is 12.9. The van der Waals surface area contributed by atoms with Crippen LogP contribution in [0.2, 0.25) is 0 Å². The van der Waals surface area contributed by atoms with E-state index in [9.17, 15) is 24.5 Å². The van der Waals surface area contributed by atoms with Crippen LogP contribution in [0.5, 0.6) is 0 Å². The van der Waals surface area contributed by atoms with Crippen LogP contribution >= 0.6 is 0 Å². The van der Waals surface area contributed by atoms with E-state index < -0.39 is 10.7 Å². The summed E-state index contributed by atoms with van der Waals surface area (Å²) >= 11 is 0. The van der Waals surface area contributed by atoms with Gasteiger partial charge in [0.2, 0.25) is 0 Å². The van der Waals surface area contributed by atoms with E-state index in [1.807, 2.05) is 0 Å². The number of ketones is 1. The molecule has 0 bridgehead atoms.